The van der Waals surface area contributed by atoms with Gasteiger partial charge in [0.15, 0.2) is 11.6 Å². The molecule has 0 radical (unpaired) electrons. The van der Waals surface area contributed by atoms with E-state index in [0.29, 0.717) is 18.0 Å². The molecule has 2 aromatic rings. The molecule has 0 aliphatic rings. The number of hydrogen-bond donors (Lipinski definition) is 1. The lowest BCUT2D eigenvalue weighted by molar-refractivity contribution is -0.116. The highest BCUT2D eigenvalue weighted by Gasteiger charge is 2.30. The summed E-state index contributed by atoms with van der Waals surface area (Å²) in [6.45, 7) is 3.52. The fourth-order valence-electron chi connectivity index (χ4n) is 2.52. The van der Waals surface area contributed by atoms with Gasteiger partial charge in [-0.3, -0.25) is 9.10 Å². The van der Waals surface area contributed by atoms with Crippen LogP contribution < -0.4 is 14.4 Å². The quantitative estimate of drug-likeness (QED) is 0.777. The number of halogens is 2. The number of para-hydroxylation sites is 2. The number of amides is 1. The van der Waals surface area contributed by atoms with E-state index in [1.165, 1.54) is 6.92 Å². The summed E-state index contributed by atoms with van der Waals surface area (Å²) in [5.41, 5.74) is 0.215. The maximum Gasteiger partial charge on any atom is 0.248 e. The highest BCUT2D eigenvalue weighted by atomic mass is 32.2. The Kier molecular flexibility index (Phi) is 6.37. The Morgan fingerprint density at radius 1 is 1.19 bits per heavy atom. The first kappa shape index (κ1) is 20.6. The van der Waals surface area contributed by atoms with Crippen LogP contribution in [0.4, 0.5) is 20.2 Å². The third-order valence-electron chi connectivity index (χ3n) is 3.69. The summed E-state index contributed by atoms with van der Waals surface area (Å²) in [5.74, 6) is -2.55. The molecule has 0 unspecified atom stereocenters. The van der Waals surface area contributed by atoms with Gasteiger partial charge in [-0.15, -0.1) is 0 Å². The molecule has 0 aliphatic carbocycles. The molecule has 0 aromatic heterocycles. The highest BCUT2D eigenvalue weighted by Crippen LogP contribution is 2.26. The van der Waals surface area contributed by atoms with Crippen molar-refractivity contribution in [1.29, 1.82) is 0 Å². The SMILES string of the molecule is CCOc1ccccc1NC(=O)[C@@H](C)N(c1ccc(F)c(F)c1)S(C)(=O)=O. The van der Waals surface area contributed by atoms with Gasteiger partial charge in [0.05, 0.1) is 24.2 Å². The van der Waals surface area contributed by atoms with Crippen molar-refractivity contribution in [3.63, 3.8) is 0 Å². The van der Waals surface area contributed by atoms with Gasteiger partial charge >= 0.3 is 0 Å². The van der Waals surface area contributed by atoms with Gasteiger partial charge in [0.1, 0.15) is 11.8 Å². The number of carbonyl (C=O) groups excluding carboxylic acids is 1. The first-order chi connectivity index (χ1) is 12.6. The molecule has 0 saturated carbocycles. The van der Waals surface area contributed by atoms with Gasteiger partial charge in [0, 0.05) is 6.07 Å². The van der Waals surface area contributed by atoms with E-state index in [9.17, 15) is 22.0 Å². The third-order valence-corrected chi connectivity index (χ3v) is 4.93. The lowest BCUT2D eigenvalue weighted by Crippen LogP contribution is -2.45. The summed E-state index contributed by atoms with van der Waals surface area (Å²) < 4.78 is 57.3. The molecule has 1 atom stereocenters. The van der Waals surface area contributed by atoms with E-state index >= 15 is 0 Å². The Bertz CT molecular complexity index is 935. The normalized spacial score (nSPS) is 12.3. The van der Waals surface area contributed by atoms with Crippen LogP contribution in [0, 0.1) is 11.6 Å². The number of anilines is 2. The maximum atomic E-state index is 13.6. The second-order valence-electron chi connectivity index (χ2n) is 5.75. The zero-order chi connectivity index (χ0) is 20.2. The first-order valence-electron chi connectivity index (χ1n) is 8.12. The Balaban J connectivity index is 2.34. The van der Waals surface area contributed by atoms with Crippen molar-refractivity contribution in [2.75, 3.05) is 22.5 Å². The van der Waals surface area contributed by atoms with E-state index in [4.69, 9.17) is 4.74 Å². The number of benzene rings is 2. The topological polar surface area (TPSA) is 75.7 Å². The van der Waals surface area contributed by atoms with E-state index < -0.39 is 33.6 Å². The zero-order valence-electron chi connectivity index (χ0n) is 15.1. The van der Waals surface area contributed by atoms with Crippen molar-refractivity contribution in [3.8, 4) is 5.75 Å². The molecule has 27 heavy (non-hydrogen) atoms. The molecular formula is C18H20F2N2O4S. The van der Waals surface area contributed by atoms with E-state index in [1.54, 1.807) is 31.2 Å². The first-order valence-corrected chi connectivity index (χ1v) is 9.97. The molecule has 0 saturated heterocycles. The van der Waals surface area contributed by atoms with Crippen LogP contribution >= 0.6 is 0 Å². The fourth-order valence-corrected chi connectivity index (χ4v) is 3.69. The van der Waals surface area contributed by atoms with E-state index in [-0.39, 0.29) is 5.69 Å². The van der Waals surface area contributed by atoms with Crippen molar-refractivity contribution < 1.29 is 26.7 Å². The molecule has 0 spiro atoms. The van der Waals surface area contributed by atoms with Gasteiger partial charge in [-0.2, -0.15) is 0 Å². The highest BCUT2D eigenvalue weighted by molar-refractivity contribution is 7.92. The summed E-state index contributed by atoms with van der Waals surface area (Å²) in [5, 5.41) is 2.61. The van der Waals surface area contributed by atoms with Crippen molar-refractivity contribution in [2.45, 2.75) is 19.9 Å². The molecule has 0 heterocycles. The molecular weight excluding hydrogens is 378 g/mol. The maximum absolute atomic E-state index is 13.6. The predicted molar refractivity (Wildman–Crippen MR) is 99.4 cm³/mol. The van der Waals surface area contributed by atoms with Gasteiger partial charge in [-0.1, -0.05) is 12.1 Å². The molecule has 1 amide bonds. The van der Waals surface area contributed by atoms with Gasteiger partial charge in [0.25, 0.3) is 0 Å². The monoisotopic (exact) mass is 398 g/mol. The average molecular weight is 398 g/mol. The van der Waals surface area contributed by atoms with E-state index in [0.717, 1.165) is 28.8 Å². The standard InChI is InChI=1S/C18H20F2N2O4S/c1-4-26-17-8-6-5-7-16(17)21-18(23)12(2)22(27(3,24)25)13-9-10-14(19)15(20)11-13/h5-12H,4H2,1-3H3,(H,21,23)/t12-/m1/s1. The molecule has 2 rings (SSSR count). The van der Waals surface area contributed by atoms with Gasteiger partial charge < -0.3 is 10.1 Å². The Hall–Kier alpha value is -2.68. The van der Waals surface area contributed by atoms with E-state index in [2.05, 4.69) is 5.32 Å². The van der Waals surface area contributed by atoms with Crippen LogP contribution in [-0.2, 0) is 14.8 Å². The summed E-state index contributed by atoms with van der Waals surface area (Å²) >= 11 is 0. The smallest absolute Gasteiger partial charge is 0.248 e. The molecule has 6 nitrogen and oxygen atoms in total. The molecule has 0 fully saturated rings. The minimum atomic E-state index is -3.95. The third kappa shape index (κ3) is 4.94. The number of rotatable bonds is 7. The number of nitrogens with zero attached hydrogens (tertiary/aromatic N) is 1. The minimum absolute atomic E-state index is 0.155. The van der Waals surface area contributed by atoms with Crippen molar-refractivity contribution in [2.24, 2.45) is 0 Å². The van der Waals surface area contributed by atoms with Gasteiger partial charge in [-0.25, -0.2) is 17.2 Å². The summed E-state index contributed by atoms with van der Waals surface area (Å²) in [6.07, 6.45) is 0.881. The number of nitrogens with one attached hydrogen (secondary N) is 1. The summed E-state index contributed by atoms with van der Waals surface area (Å²) in [4.78, 5) is 12.6. The molecule has 9 heteroatoms. The fraction of sp³-hybridized carbons (Fsp3) is 0.278. The molecule has 0 aliphatic heterocycles. The molecule has 0 bridgehead atoms. The van der Waals surface area contributed by atoms with Gasteiger partial charge in [-0.05, 0) is 38.1 Å². The number of sulfonamides is 1. The van der Waals surface area contributed by atoms with Crippen LogP contribution in [0.3, 0.4) is 0 Å². The second-order valence-corrected chi connectivity index (χ2v) is 7.61. The summed E-state index contributed by atoms with van der Waals surface area (Å²) in [7, 11) is -3.95. The van der Waals surface area contributed by atoms with Gasteiger partial charge in [0.2, 0.25) is 15.9 Å². The molecule has 146 valence electrons. The number of ether oxygens (including phenoxy) is 1. The van der Waals surface area contributed by atoms with Crippen LogP contribution in [0.5, 0.6) is 5.75 Å². The lowest BCUT2D eigenvalue weighted by atomic mass is 10.2. The van der Waals surface area contributed by atoms with Crippen LogP contribution in [0.1, 0.15) is 13.8 Å². The molecule has 1 N–H and O–H groups in total. The van der Waals surface area contributed by atoms with E-state index in [1.807, 2.05) is 0 Å². The van der Waals surface area contributed by atoms with Crippen molar-refractivity contribution in [3.05, 3.63) is 54.1 Å². The predicted octanol–water partition coefficient (Wildman–Crippen LogP) is 3.16. The number of carbonyl (C=O) groups is 1. The van der Waals surface area contributed by atoms with Crippen LogP contribution in [0.2, 0.25) is 0 Å². The second kappa shape index (κ2) is 8.34. The zero-order valence-corrected chi connectivity index (χ0v) is 15.9. The average Bonchev–Trinajstić information content (AvgIpc) is 2.59. The van der Waals surface area contributed by atoms with Crippen LogP contribution in [0.25, 0.3) is 0 Å². The Morgan fingerprint density at radius 3 is 2.44 bits per heavy atom. The van der Waals surface area contributed by atoms with Crippen LogP contribution in [-0.4, -0.2) is 33.2 Å². The van der Waals surface area contributed by atoms with Crippen LogP contribution in [0.15, 0.2) is 42.5 Å². The lowest BCUT2D eigenvalue weighted by Gasteiger charge is -2.28. The largest absolute Gasteiger partial charge is 0.492 e. The number of hydrogen-bond acceptors (Lipinski definition) is 4. The van der Waals surface area contributed by atoms with Crippen molar-refractivity contribution >= 4 is 27.3 Å². The minimum Gasteiger partial charge on any atom is -0.492 e. The summed E-state index contributed by atoms with van der Waals surface area (Å²) in [6, 6.07) is 8.09. The Labute approximate surface area is 156 Å². The Morgan fingerprint density at radius 2 is 1.85 bits per heavy atom. The molecule has 2 aromatic carbocycles. The van der Waals surface area contributed by atoms with Crippen molar-refractivity contribution in [1.82, 2.24) is 0 Å².